The summed E-state index contributed by atoms with van der Waals surface area (Å²) >= 11 is 6.31. The van der Waals surface area contributed by atoms with Crippen LogP contribution in [-0.4, -0.2) is 21.5 Å². The molecule has 5 heteroatoms. The predicted octanol–water partition coefficient (Wildman–Crippen LogP) is 2.04. The van der Waals surface area contributed by atoms with Crippen LogP contribution in [0.1, 0.15) is 27.7 Å². The second-order valence-corrected chi connectivity index (χ2v) is 4.90. The second kappa shape index (κ2) is 4.46. The number of nitrogens with zero attached hydrogens (tertiary/aromatic N) is 1. The van der Waals surface area contributed by atoms with Crippen molar-refractivity contribution in [1.82, 2.24) is 15.5 Å². The van der Waals surface area contributed by atoms with Crippen LogP contribution < -0.4 is 5.32 Å². The first-order valence-corrected chi connectivity index (χ1v) is 6.21. The number of carbonyl (C=O) groups excluding carboxylic acids is 1. The van der Waals surface area contributed by atoms with Crippen LogP contribution in [0.5, 0.6) is 0 Å². The van der Waals surface area contributed by atoms with E-state index >= 15 is 0 Å². The number of aromatic amines is 1. The second-order valence-electron chi connectivity index (χ2n) is 4.34. The number of halogens is 1. The normalized spacial score (nSPS) is 21.6. The fourth-order valence-corrected chi connectivity index (χ4v) is 2.68. The number of benzene rings is 1. The minimum Gasteiger partial charge on any atom is -0.342 e. The summed E-state index contributed by atoms with van der Waals surface area (Å²) < 4.78 is 0. The highest BCUT2D eigenvalue weighted by Crippen LogP contribution is 2.34. The molecule has 2 unspecified atom stereocenters. The fraction of sp³-hybridized carbons (Fsp3) is 0.231. The molecule has 2 aromatic rings. The molecule has 2 N–H and O–H groups in total. The molecule has 1 aromatic carbocycles. The number of nitrogens with one attached hydrogen (secondary N) is 2. The van der Waals surface area contributed by atoms with Crippen molar-refractivity contribution in [1.29, 1.82) is 0 Å². The van der Waals surface area contributed by atoms with E-state index in [0.29, 0.717) is 5.69 Å². The van der Waals surface area contributed by atoms with Crippen molar-refractivity contribution < 1.29 is 4.79 Å². The van der Waals surface area contributed by atoms with Crippen molar-refractivity contribution in [2.45, 2.75) is 17.8 Å². The molecule has 0 aliphatic heterocycles. The van der Waals surface area contributed by atoms with Crippen LogP contribution >= 0.6 is 11.6 Å². The van der Waals surface area contributed by atoms with Gasteiger partial charge in [-0.2, -0.15) is 5.10 Å². The van der Waals surface area contributed by atoms with Gasteiger partial charge in [0.1, 0.15) is 5.69 Å². The molecule has 1 aromatic heterocycles. The number of amides is 1. The van der Waals surface area contributed by atoms with E-state index in [9.17, 15) is 4.79 Å². The van der Waals surface area contributed by atoms with Gasteiger partial charge in [-0.05, 0) is 23.6 Å². The highest BCUT2D eigenvalue weighted by molar-refractivity contribution is 6.21. The Kier molecular flexibility index (Phi) is 2.80. The summed E-state index contributed by atoms with van der Waals surface area (Å²) in [4.78, 5) is 12.0. The Morgan fingerprint density at radius 1 is 1.39 bits per heavy atom. The van der Waals surface area contributed by atoms with Crippen LogP contribution in [0.4, 0.5) is 0 Å². The van der Waals surface area contributed by atoms with Gasteiger partial charge in [-0.25, -0.2) is 0 Å². The molecular formula is C13H12ClN3O. The van der Waals surface area contributed by atoms with Gasteiger partial charge in [-0.15, -0.1) is 11.6 Å². The standard InChI is InChI=1S/C13H12ClN3O/c14-10-7-8-3-1-2-4-9(8)12(10)16-13(18)11-5-6-15-17-11/h1-6,10,12H,7H2,(H,15,17)(H,16,18). The van der Waals surface area contributed by atoms with E-state index in [2.05, 4.69) is 15.5 Å². The minimum atomic E-state index is -0.181. The van der Waals surface area contributed by atoms with Gasteiger partial charge in [0.25, 0.3) is 5.91 Å². The van der Waals surface area contributed by atoms with E-state index in [4.69, 9.17) is 11.6 Å². The number of hydrogen-bond acceptors (Lipinski definition) is 2. The van der Waals surface area contributed by atoms with Gasteiger partial charge < -0.3 is 5.32 Å². The van der Waals surface area contributed by atoms with Gasteiger partial charge in [0, 0.05) is 6.20 Å². The van der Waals surface area contributed by atoms with Crippen LogP contribution in [0, 0.1) is 0 Å². The van der Waals surface area contributed by atoms with Crippen molar-refractivity contribution in [2.75, 3.05) is 0 Å². The van der Waals surface area contributed by atoms with Crippen LogP contribution in [0.2, 0.25) is 0 Å². The Morgan fingerprint density at radius 2 is 2.22 bits per heavy atom. The van der Waals surface area contributed by atoms with E-state index in [0.717, 1.165) is 12.0 Å². The third-order valence-corrected chi connectivity index (χ3v) is 3.61. The average molecular weight is 262 g/mol. The molecular weight excluding hydrogens is 250 g/mol. The Bertz CT molecular complexity index is 567. The largest absolute Gasteiger partial charge is 0.342 e. The molecule has 1 aliphatic carbocycles. The van der Waals surface area contributed by atoms with E-state index in [1.165, 1.54) is 5.56 Å². The Morgan fingerprint density at radius 3 is 3.00 bits per heavy atom. The monoisotopic (exact) mass is 261 g/mol. The minimum absolute atomic E-state index is 0.103. The Labute approximate surface area is 109 Å². The van der Waals surface area contributed by atoms with Crippen molar-refractivity contribution in [3.63, 3.8) is 0 Å². The molecule has 0 saturated carbocycles. The topological polar surface area (TPSA) is 57.8 Å². The third-order valence-electron chi connectivity index (χ3n) is 3.20. The Balaban J connectivity index is 1.83. The lowest BCUT2D eigenvalue weighted by atomic mass is 10.1. The van der Waals surface area contributed by atoms with E-state index < -0.39 is 0 Å². The number of H-pyrrole nitrogens is 1. The van der Waals surface area contributed by atoms with E-state index in [1.807, 2.05) is 24.3 Å². The molecule has 3 rings (SSSR count). The molecule has 0 bridgehead atoms. The summed E-state index contributed by atoms with van der Waals surface area (Å²) in [6, 6.07) is 9.51. The maximum absolute atomic E-state index is 12.0. The highest BCUT2D eigenvalue weighted by Gasteiger charge is 2.32. The first-order chi connectivity index (χ1) is 8.75. The molecule has 0 saturated heterocycles. The molecule has 18 heavy (non-hydrogen) atoms. The number of hydrogen-bond donors (Lipinski definition) is 2. The zero-order valence-electron chi connectivity index (χ0n) is 9.56. The summed E-state index contributed by atoms with van der Waals surface area (Å²) in [5, 5.41) is 9.25. The lowest BCUT2D eigenvalue weighted by molar-refractivity contribution is 0.0932. The first-order valence-electron chi connectivity index (χ1n) is 5.78. The quantitative estimate of drug-likeness (QED) is 0.813. The maximum Gasteiger partial charge on any atom is 0.269 e. The lowest BCUT2D eigenvalue weighted by Crippen LogP contribution is -2.32. The van der Waals surface area contributed by atoms with Crippen LogP contribution in [0.15, 0.2) is 36.5 Å². The molecule has 4 nitrogen and oxygen atoms in total. The van der Waals surface area contributed by atoms with Crippen LogP contribution in [0.3, 0.4) is 0 Å². The van der Waals surface area contributed by atoms with Crippen molar-refractivity contribution in [2.24, 2.45) is 0 Å². The number of alkyl halides is 1. The fourth-order valence-electron chi connectivity index (χ4n) is 2.32. The van der Waals surface area contributed by atoms with Gasteiger partial charge >= 0.3 is 0 Å². The number of rotatable bonds is 2. The molecule has 2 atom stereocenters. The zero-order chi connectivity index (χ0) is 12.5. The molecule has 0 spiro atoms. The third kappa shape index (κ3) is 1.88. The average Bonchev–Trinajstić information content (AvgIpc) is 2.98. The van der Waals surface area contributed by atoms with Crippen LogP contribution in [0.25, 0.3) is 0 Å². The molecule has 1 heterocycles. The number of carbonyl (C=O) groups is 1. The Hall–Kier alpha value is -1.81. The molecule has 1 aliphatic rings. The summed E-state index contributed by atoms with van der Waals surface area (Å²) in [5.41, 5.74) is 2.75. The van der Waals surface area contributed by atoms with Gasteiger partial charge in [0.15, 0.2) is 0 Å². The van der Waals surface area contributed by atoms with Crippen LogP contribution in [-0.2, 0) is 6.42 Å². The summed E-state index contributed by atoms with van der Waals surface area (Å²) in [6.07, 6.45) is 2.33. The predicted molar refractivity (Wildman–Crippen MR) is 68.6 cm³/mol. The van der Waals surface area contributed by atoms with Gasteiger partial charge in [0.05, 0.1) is 11.4 Å². The number of aromatic nitrogens is 2. The maximum atomic E-state index is 12.0. The highest BCUT2D eigenvalue weighted by atomic mass is 35.5. The first kappa shape index (κ1) is 11.3. The van der Waals surface area contributed by atoms with E-state index in [1.54, 1.807) is 12.3 Å². The van der Waals surface area contributed by atoms with Crippen molar-refractivity contribution >= 4 is 17.5 Å². The molecule has 92 valence electrons. The zero-order valence-corrected chi connectivity index (χ0v) is 10.3. The smallest absolute Gasteiger partial charge is 0.269 e. The van der Waals surface area contributed by atoms with Crippen molar-refractivity contribution in [3.05, 3.63) is 53.3 Å². The summed E-state index contributed by atoms with van der Waals surface area (Å²) in [7, 11) is 0. The molecule has 0 radical (unpaired) electrons. The SMILES string of the molecule is O=C(NC1c2ccccc2CC1Cl)c1ccn[nH]1. The summed E-state index contributed by atoms with van der Waals surface area (Å²) in [6.45, 7) is 0. The molecule has 0 fully saturated rings. The van der Waals surface area contributed by atoms with Crippen molar-refractivity contribution in [3.8, 4) is 0 Å². The van der Waals surface area contributed by atoms with Gasteiger partial charge in [-0.1, -0.05) is 24.3 Å². The van der Waals surface area contributed by atoms with Gasteiger partial charge in [0.2, 0.25) is 0 Å². The summed E-state index contributed by atoms with van der Waals surface area (Å²) in [5.74, 6) is -0.181. The van der Waals surface area contributed by atoms with Gasteiger partial charge in [-0.3, -0.25) is 9.89 Å². The number of fused-ring (bicyclic) bond motifs is 1. The lowest BCUT2D eigenvalue weighted by Gasteiger charge is -2.16. The van der Waals surface area contributed by atoms with E-state index in [-0.39, 0.29) is 17.3 Å². The molecule has 1 amide bonds.